The highest BCUT2D eigenvalue weighted by atomic mass is 16.6. The number of hydrogen-bond donors (Lipinski definition) is 0. The van der Waals surface area contributed by atoms with Crippen molar-refractivity contribution < 1.29 is 9.45 Å². The Morgan fingerprint density at radius 2 is 2.19 bits per heavy atom. The van der Waals surface area contributed by atoms with Crippen molar-refractivity contribution in [3.8, 4) is 0 Å². The van der Waals surface area contributed by atoms with Crippen LogP contribution >= 0.6 is 0 Å². The summed E-state index contributed by atoms with van der Waals surface area (Å²) in [6, 6.07) is 6.62. The van der Waals surface area contributed by atoms with Gasteiger partial charge in [0.1, 0.15) is 0 Å². The Morgan fingerprint density at radius 1 is 1.38 bits per heavy atom. The van der Waals surface area contributed by atoms with Gasteiger partial charge in [-0.15, -0.1) is 0 Å². The molecule has 0 aliphatic heterocycles. The van der Waals surface area contributed by atoms with E-state index in [2.05, 4.69) is 10.1 Å². The van der Waals surface area contributed by atoms with E-state index in [1.165, 1.54) is 6.07 Å². The molecule has 0 atom stereocenters. The molecule has 2 aromatic heterocycles. The fraction of sp³-hybridized carbons (Fsp3) is 0.286. The maximum atomic E-state index is 10.8. The molecule has 3 aromatic rings. The van der Waals surface area contributed by atoms with Gasteiger partial charge < -0.3 is 9.09 Å². The molecule has 0 fully saturated rings. The third-order valence-electron chi connectivity index (χ3n) is 3.25. The second kappa shape index (κ2) is 5.01. The number of nitrogens with zero attached hydrogens (tertiary/aromatic N) is 4. The first-order valence-electron chi connectivity index (χ1n) is 6.60. The SMILES string of the molecule is CC(C)c1nc(Cn2ccc3cc([N+](=O)[O-])ccc32)no1. The van der Waals surface area contributed by atoms with Crippen LogP contribution in [-0.4, -0.2) is 19.6 Å². The van der Waals surface area contributed by atoms with Crippen molar-refractivity contribution in [2.45, 2.75) is 26.3 Å². The Kier molecular flexibility index (Phi) is 3.17. The monoisotopic (exact) mass is 286 g/mol. The highest BCUT2D eigenvalue weighted by molar-refractivity contribution is 5.82. The molecule has 0 bridgehead atoms. The average molecular weight is 286 g/mol. The molecule has 2 heterocycles. The van der Waals surface area contributed by atoms with E-state index in [4.69, 9.17) is 4.52 Å². The molecule has 21 heavy (non-hydrogen) atoms. The molecule has 0 aliphatic carbocycles. The maximum Gasteiger partial charge on any atom is 0.270 e. The van der Waals surface area contributed by atoms with Crippen molar-refractivity contribution in [1.82, 2.24) is 14.7 Å². The Balaban J connectivity index is 1.91. The zero-order valence-electron chi connectivity index (χ0n) is 11.7. The van der Waals surface area contributed by atoms with Gasteiger partial charge in [0, 0.05) is 35.2 Å². The summed E-state index contributed by atoms with van der Waals surface area (Å²) >= 11 is 0. The number of benzene rings is 1. The number of nitro benzene ring substituents is 1. The smallest absolute Gasteiger partial charge is 0.270 e. The van der Waals surface area contributed by atoms with Crippen molar-refractivity contribution in [1.29, 1.82) is 0 Å². The topological polar surface area (TPSA) is 87.0 Å². The summed E-state index contributed by atoms with van der Waals surface area (Å²) in [7, 11) is 0. The summed E-state index contributed by atoms with van der Waals surface area (Å²) in [5.41, 5.74) is 0.985. The molecule has 1 aromatic carbocycles. The van der Waals surface area contributed by atoms with Gasteiger partial charge in [0.25, 0.3) is 5.69 Å². The van der Waals surface area contributed by atoms with Crippen molar-refractivity contribution in [2.24, 2.45) is 0 Å². The van der Waals surface area contributed by atoms with E-state index in [0.717, 1.165) is 10.9 Å². The van der Waals surface area contributed by atoms with Gasteiger partial charge in [-0.1, -0.05) is 19.0 Å². The summed E-state index contributed by atoms with van der Waals surface area (Å²) in [6.45, 7) is 4.44. The van der Waals surface area contributed by atoms with Gasteiger partial charge in [0.2, 0.25) is 5.89 Å². The van der Waals surface area contributed by atoms with Crippen LogP contribution in [0.25, 0.3) is 10.9 Å². The van der Waals surface area contributed by atoms with Crippen molar-refractivity contribution in [2.75, 3.05) is 0 Å². The van der Waals surface area contributed by atoms with E-state index in [-0.39, 0.29) is 11.6 Å². The van der Waals surface area contributed by atoms with E-state index < -0.39 is 4.92 Å². The standard InChI is InChI=1S/C14H14N4O3/c1-9(2)14-15-13(16-21-14)8-17-6-5-10-7-11(18(19)20)3-4-12(10)17/h3-7,9H,8H2,1-2H3. The van der Waals surface area contributed by atoms with E-state index in [1.54, 1.807) is 12.1 Å². The summed E-state index contributed by atoms with van der Waals surface area (Å²) in [6.07, 6.45) is 1.86. The number of non-ortho nitro benzene ring substituents is 1. The summed E-state index contributed by atoms with van der Waals surface area (Å²) < 4.78 is 7.11. The molecular weight excluding hydrogens is 272 g/mol. The Bertz CT molecular complexity index is 804. The van der Waals surface area contributed by atoms with Gasteiger partial charge in [0.05, 0.1) is 11.5 Å². The average Bonchev–Trinajstić information content (AvgIpc) is 3.06. The lowest BCUT2D eigenvalue weighted by Gasteiger charge is -2.01. The number of aromatic nitrogens is 3. The van der Waals surface area contributed by atoms with Crippen LogP contribution in [0, 0.1) is 10.1 Å². The minimum atomic E-state index is -0.398. The van der Waals surface area contributed by atoms with Gasteiger partial charge in [-0.2, -0.15) is 4.98 Å². The Hall–Kier alpha value is -2.70. The molecule has 108 valence electrons. The van der Waals surface area contributed by atoms with Crippen LogP contribution in [0.4, 0.5) is 5.69 Å². The van der Waals surface area contributed by atoms with Gasteiger partial charge in [-0.25, -0.2) is 0 Å². The van der Waals surface area contributed by atoms with Crippen LogP contribution < -0.4 is 0 Å². The molecule has 0 saturated carbocycles. The molecule has 0 unspecified atom stereocenters. The van der Waals surface area contributed by atoms with Crippen LogP contribution in [0.3, 0.4) is 0 Å². The quantitative estimate of drug-likeness (QED) is 0.543. The third-order valence-corrected chi connectivity index (χ3v) is 3.25. The predicted octanol–water partition coefficient (Wildman–Crippen LogP) is 3.10. The van der Waals surface area contributed by atoms with E-state index >= 15 is 0 Å². The molecule has 0 radical (unpaired) electrons. The largest absolute Gasteiger partial charge is 0.340 e. The molecule has 0 N–H and O–H groups in total. The number of fused-ring (bicyclic) bond motifs is 1. The molecule has 3 rings (SSSR count). The van der Waals surface area contributed by atoms with E-state index in [9.17, 15) is 10.1 Å². The number of nitro groups is 1. The number of rotatable bonds is 4. The minimum absolute atomic E-state index is 0.0851. The Morgan fingerprint density at radius 3 is 2.86 bits per heavy atom. The predicted molar refractivity (Wildman–Crippen MR) is 76.1 cm³/mol. The normalized spacial score (nSPS) is 11.4. The fourth-order valence-electron chi connectivity index (χ4n) is 2.16. The van der Waals surface area contributed by atoms with E-state index in [0.29, 0.717) is 18.3 Å². The van der Waals surface area contributed by atoms with Crippen LogP contribution in [0.5, 0.6) is 0 Å². The van der Waals surface area contributed by atoms with Crippen molar-refractivity contribution in [3.05, 3.63) is 52.3 Å². The zero-order chi connectivity index (χ0) is 15.0. The molecule has 7 heteroatoms. The first-order chi connectivity index (χ1) is 10.0. The molecule has 0 saturated heterocycles. The molecule has 0 amide bonds. The van der Waals surface area contributed by atoms with E-state index in [1.807, 2.05) is 30.7 Å². The summed E-state index contributed by atoms with van der Waals surface area (Å²) in [5, 5.41) is 15.5. The lowest BCUT2D eigenvalue weighted by Crippen LogP contribution is -2.00. The summed E-state index contributed by atoms with van der Waals surface area (Å²) in [4.78, 5) is 14.7. The van der Waals surface area contributed by atoms with Gasteiger partial charge in [0.15, 0.2) is 5.82 Å². The van der Waals surface area contributed by atoms with Crippen LogP contribution in [0.15, 0.2) is 35.0 Å². The van der Waals surface area contributed by atoms with Crippen molar-refractivity contribution >= 4 is 16.6 Å². The highest BCUT2D eigenvalue weighted by Crippen LogP contribution is 2.22. The molecule has 7 nitrogen and oxygen atoms in total. The van der Waals surface area contributed by atoms with Crippen LogP contribution in [0.2, 0.25) is 0 Å². The number of hydrogen-bond acceptors (Lipinski definition) is 5. The van der Waals surface area contributed by atoms with Gasteiger partial charge >= 0.3 is 0 Å². The second-order valence-corrected chi connectivity index (χ2v) is 5.15. The minimum Gasteiger partial charge on any atom is -0.340 e. The lowest BCUT2D eigenvalue weighted by molar-refractivity contribution is -0.384. The Labute approximate surface area is 120 Å². The van der Waals surface area contributed by atoms with Crippen molar-refractivity contribution in [3.63, 3.8) is 0 Å². The second-order valence-electron chi connectivity index (χ2n) is 5.15. The van der Waals surface area contributed by atoms with Crippen LogP contribution in [0.1, 0.15) is 31.5 Å². The van der Waals surface area contributed by atoms with Gasteiger partial charge in [-0.05, 0) is 12.1 Å². The maximum absolute atomic E-state index is 10.8. The fourth-order valence-corrected chi connectivity index (χ4v) is 2.16. The third kappa shape index (κ3) is 2.49. The zero-order valence-corrected chi connectivity index (χ0v) is 11.7. The first kappa shape index (κ1) is 13.3. The first-order valence-corrected chi connectivity index (χ1v) is 6.60. The highest BCUT2D eigenvalue weighted by Gasteiger charge is 2.12. The molecule has 0 spiro atoms. The van der Waals surface area contributed by atoms with Crippen LogP contribution in [-0.2, 0) is 6.54 Å². The summed E-state index contributed by atoms with van der Waals surface area (Å²) in [5.74, 6) is 1.39. The van der Waals surface area contributed by atoms with Gasteiger partial charge in [-0.3, -0.25) is 10.1 Å². The molecular formula is C14H14N4O3. The lowest BCUT2D eigenvalue weighted by atomic mass is 10.2. The molecule has 0 aliphatic rings.